The summed E-state index contributed by atoms with van der Waals surface area (Å²) in [5, 5.41) is 11.5. The first-order valence-electron chi connectivity index (χ1n) is 8.81. The quantitative estimate of drug-likeness (QED) is 0.138. The molecule has 0 spiro atoms. The Balaban J connectivity index is 1.96. The second kappa shape index (κ2) is 9.65. The molecule has 8 heteroatoms. The van der Waals surface area contributed by atoms with Crippen LogP contribution in [0.25, 0.3) is 0 Å². The Bertz CT molecular complexity index is 1090. The molecular formula is C22H15BrClNO5. The van der Waals surface area contributed by atoms with Crippen molar-refractivity contribution in [2.24, 2.45) is 0 Å². The monoisotopic (exact) mass is 487 g/mol. The lowest BCUT2D eigenvalue weighted by Crippen LogP contribution is -2.31. The smallest absolute Gasteiger partial charge is 0.338 e. The number of rotatable bonds is 7. The summed E-state index contributed by atoms with van der Waals surface area (Å²) in [5.41, 5.74) is 0.824. The molecule has 0 aliphatic rings. The van der Waals surface area contributed by atoms with Crippen molar-refractivity contribution in [2.45, 2.75) is 10.9 Å². The van der Waals surface area contributed by atoms with E-state index in [1.54, 1.807) is 48.5 Å². The summed E-state index contributed by atoms with van der Waals surface area (Å²) in [4.78, 5) is 35.6. The standard InChI is InChI=1S/C22H15BrClNO5/c23-19(15-8-5-11-18(13-15)25(28)29)21(20(26)14-6-2-1-3-7-14)30-22(27)16-9-4-10-17(24)12-16/h1-13,19,21H/t19-,21+/m1/s1. The van der Waals surface area contributed by atoms with E-state index >= 15 is 0 Å². The summed E-state index contributed by atoms with van der Waals surface area (Å²) in [7, 11) is 0. The molecule has 152 valence electrons. The van der Waals surface area contributed by atoms with Gasteiger partial charge in [-0.25, -0.2) is 4.79 Å². The predicted molar refractivity (Wildman–Crippen MR) is 116 cm³/mol. The van der Waals surface area contributed by atoms with E-state index in [9.17, 15) is 19.7 Å². The highest BCUT2D eigenvalue weighted by atomic mass is 79.9. The maximum atomic E-state index is 13.1. The van der Waals surface area contributed by atoms with Crippen molar-refractivity contribution in [2.75, 3.05) is 0 Å². The van der Waals surface area contributed by atoms with Crippen molar-refractivity contribution >= 4 is 45.0 Å². The van der Waals surface area contributed by atoms with Crippen LogP contribution in [0.5, 0.6) is 0 Å². The van der Waals surface area contributed by atoms with Crippen molar-refractivity contribution < 1.29 is 19.2 Å². The second-order valence-corrected chi connectivity index (χ2v) is 7.74. The van der Waals surface area contributed by atoms with Crippen molar-refractivity contribution in [3.8, 4) is 0 Å². The number of ketones is 1. The first-order valence-corrected chi connectivity index (χ1v) is 10.1. The summed E-state index contributed by atoms with van der Waals surface area (Å²) >= 11 is 9.34. The zero-order valence-electron chi connectivity index (χ0n) is 15.4. The fraction of sp³-hybridized carbons (Fsp3) is 0.0909. The molecule has 0 aromatic heterocycles. The number of carbonyl (C=O) groups excluding carboxylic acids is 2. The van der Waals surface area contributed by atoms with Crippen LogP contribution < -0.4 is 0 Å². The number of Topliss-reactive ketones (excluding diaryl/α,β-unsaturated/α-hetero) is 1. The third-order valence-electron chi connectivity index (χ3n) is 4.28. The number of benzene rings is 3. The van der Waals surface area contributed by atoms with Crippen molar-refractivity contribution in [1.82, 2.24) is 0 Å². The van der Waals surface area contributed by atoms with Crippen LogP contribution in [0.2, 0.25) is 5.02 Å². The lowest BCUT2D eigenvalue weighted by atomic mass is 9.99. The Kier molecular flexibility index (Phi) is 6.97. The topological polar surface area (TPSA) is 86.5 Å². The molecule has 0 aliphatic carbocycles. The molecule has 30 heavy (non-hydrogen) atoms. The highest BCUT2D eigenvalue weighted by molar-refractivity contribution is 9.09. The highest BCUT2D eigenvalue weighted by Crippen LogP contribution is 2.33. The largest absolute Gasteiger partial charge is 0.449 e. The van der Waals surface area contributed by atoms with Crippen LogP contribution in [0.15, 0.2) is 78.9 Å². The molecule has 0 unspecified atom stereocenters. The number of halogens is 2. The number of non-ortho nitro benzene ring substituents is 1. The molecule has 0 radical (unpaired) electrons. The fourth-order valence-corrected chi connectivity index (χ4v) is 3.62. The van der Waals surface area contributed by atoms with E-state index in [1.807, 2.05) is 0 Å². The summed E-state index contributed by atoms with van der Waals surface area (Å²) < 4.78 is 5.56. The Morgan fingerprint density at radius 3 is 2.27 bits per heavy atom. The number of carbonyl (C=O) groups is 2. The highest BCUT2D eigenvalue weighted by Gasteiger charge is 2.33. The van der Waals surface area contributed by atoms with E-state index in [-0.39, 0.29) is 11.3 Å². The molecule has 0 heterocycles. The van der Waals surface area contributed by atoms with Gasteiger partial charge in [0, 0.05) is 22.7 Å². The number of hydrogen-bond donors (Lipinski definition) is 0. The Hall–Kier alpha value is -3.03. The van der Waals surface area contributed by atoms with Gasteiger partial charge in [0.1, 0.15) is 0 Å². The lowest BCUT2D eigenvalue weighted by molar-refractivity contribution is -0.384. The van der Waals surface area contributed by atoms with E-state index in [4.69, 9.17) is 16.3 Å². The number of nitrogens with zero attached hydrogens (tertiary/aromatic N) is 1. The minimum Gasteiger partial charge on any atom is -0.449 e. The number of esters is 1. The predicted octanol–water partition coefficient (Wildman–Crippen LogP) is 5.79. The van der Waals surface area contributed by atoms with Gasteiger partial charge in [-0.2, -0.15) is 0 Å². The number of alkyl halides is 1. The van der Waals surface area contributed by atoms with Crippen LogP contribution in [-0.2, 0) is 4.74 Å². The fourth-order valence-electron chi connectivity index (χ4n) is 2.80. The van der Waals surface area contributed by atoms with Gasteiger partial charge >= 0.3 is 5.97 Å². The summed E-state index contributed by atoms with van der Waals surface area (Å²) in [6.07, 6.45) is -1.26. The van der Waals surface area contributed by atoms with Gasteiger partial charge in [0.15, 0.2) is 6.10 Å². The van der Waals surface area contributed by atoms with Gasteiger partial charge in [0.25, 0.3) is 5.69 Å². The van der Waals surface area contributed by atoms with Crippen LogP contribution in [0.3, 0.4) is 0 Å². The van der Waals surface area contributed by atoms with Crippen LogP contribution in [0.4, 0.5) is 5.69 Å². The lowest BCUT2D eigenvalue weighted by Gasteiger charge is -2.22. The Morgan fingerprint density at radius 2 is 1.60 bits per heavy atom. The maximum Gasteiger partial charge on any atom is 0.338 e. The van der Waals surface area contributed by atoms with Gasteiger partial charge in [-0.15, -0.1) is 0 Å². The zero-order valence-corrected chi connectivity index (χ0v) is 17.7. The van der Waals surface area contributed by atoms with Gasteiger partial charge in [0.2, 0.25) is 5.78 Å². The molecule has 3 aromatic carbocycles. The molecule has 3 rings (SSSR count). The minimum atomic E-state index is -1.26. The van der Waals surface area contributed by atoms with Gasteiger partial charge in [-0.1, -0.05) is 76.1 Å². The molecule has 0 bridgehead atoms. The van der Waals surface area contributed by atoms with E-state index in [2.05, 4.69) is 15.9 Å². The average molecular weight is 489 g/mol. The molecular weight excluding hydrogens is 474 g/mol. The third kappa shape index (κ3) is 5.11. The van der Waals surface area contributed by atoms with Gasteiger partial charge in [-0.05, 0) is 23.8 Å². The number of nitro benzene ring substituents is 1. The summed E-state index contributed by atoms with van der Waals surface area (Å²) in [5.74, 6) is -1.18. The van der Waals surface area contributed by atoms with Crippen LogP contribution in [0.1, 0.15) is 31.1 Å². The van der Waals surface area contributed by atoms with Crippen molar-refractivity contribution in [1.29, 1.82) is 0 Å². The molecule has 0 N–H and O–H groups in total. The molecule has 3 aromatic rings. The van der Waals surface area contributed by atoms with E-state index in [0.717, 1.165) is 0 Å². The van der Waals surface area contributed by atoms with Crippen LogP contribution in [0, 0.1) is 10.1 Å². The second-order valence-electron chi connectivity index (χ2n) is 6.32. The molecule has 6 nitrogen and oxygen atoms in total. The minimum absolute atomic E-state index is 0.135. The molecule has 0 saturated heterocycles. The number of nitro groups is 1. The van der Waals surface area contributed by atoms with Crippen LogP contribution >= 0.6 is 27.5 Å². The zero-order chi connectivity index (χ0) is 21.7. The molecule has 0 aliphatic heterocycles. The van der Waals surface area contributed by atoms with E-state index in [0.29, 0.717) is 16.1 Å². The van der Waals surface area contributed by atoms with Gasteiger partial charge < -0.3 is 4.74 Å². The first kappa shape index (κ1) is 21.7. The number of ether oxygens (including phenoxy) is 1. The number of hydrogen-bond acceptors (Lipinski definition) is 5. The summed E-state index contributed by atoms with van der Waals surface area (Å²) in [6.45, 7) is 0. The maximum absolute atomic E-state index is 13.1. The van der Waals surface area contributed by atoms with Gasteiger partial charge in [0.05, 0.1) is 15.3 Å². The average Bonchev–Trinajstić information content (AvgIpc) is 2.77. The molecule has 2 atom stereocenters. The van der Waals surface area contributed by atoms with Crippen molar-refractivity contribution in [3.63, 3.8) is 0 Å². The normalized spacial score (nSPS) is 12.6. The van der Waals surface area contributed by atoms with E-state index < -0.39 is 27.6 Å². The Morgan fingerprint density at radius 1 is 0.933 bits per heavy atom. The third-order valence-corrected chi connectivity index (χ3v) is 5.52. The van der Waals surface area contributed by atoms with Crippen LogP contribution in [-0.4, -0.2) is 22.8 Å². The SMILES string of the molecule is O=C(O[C@H](C(=O)c1ccccc1)[C@H](Br)c1cccc([N+](=O)[O-])c1)c1cccc(Cl)c1. The Labute approximate surface area is 185 Å². The molecule has 0 saturated carbocycles. The van der Waals surface area contributed by atoms with E-state index in [1.165, 1.54) is 30.3 Å². The molecule has 0 fully saturated rings. The summed E-state index contributed by atoms with van der Waals surface area (Å²) in [6, 6.07) is 20.3. The first-order chi connectivity index (χ1) is 14.4. The van der Waals surface area contributed by atoms with Crippen molar-refractivity contribution in [3.05, 3.63) is 111 Å². The van der Waals surface area contributed by atoms with Gasteiger partial charge in [-0.3, -0.25) is 14.9 Å². The molecule has 0 amide bonds.